The predicted molar refractivity (Wildman–Crippen MR) is 58.9 cm³/mol. The molecule has 1 rings (SSSR count). The van der Waals surface area contributed by atoms with E-state index in [9.17, 15) is 10.1 Å². The SMILES string of the molecule is CCC(CC)Nc1ccncc1[N+](=O)[O-]. The molecule has 0 aromatic carbocycles. The molecule has 5 nitrogen and oxygen atoms in total. The van der Waals surface area contributed by atoms with E-state index in [-0.39, 0.29) is 11.7 Å². The van der Waals surface area contributed by atoms with E-state index < -0.39 is 4.92 Å². The van der Waals surface area contributed by atoms with Gasteiger partial charge in [-0.05, 0) is 18.9 Å². The second-order valence-electron chi connectivity index (χ2n) is 3.31. The first-order valence-electron chi connectivity index (χ1n) is 5.04. The molecular formula is C10H15N3O2. The van der Waals surface area contributed by atoms with Crippen molar-refractivity contribution in [2.75, 3.05) is 5.32 Å². The zero-order valence-corrected chi connectivity index (χ0v) is 8.93. The van der Waals surface area contributed by atoms with Gasteiger partial charge < -0.3 is 5.32 Å². The molecule has 82 valence electrons. The summed E-state index contributed by atoms with van der Waals surface area (Å²) in [7, 11) is 0. The van der Waals surface area contributed by atoms with Gasteiger partial charge in [-0.3, -0.25) is 15.1 Å². The third-order valence-electron chi connectivity index (χ3n) is 2.34. The van der Waals surface area contributed by atoms with Crippen LogP contribution in [0, 0.1) is 10.1 Å². The van der Waals surface area contributed by atoms with Crippen LogP contribution in [-0.2, 0) is 0 Å². The molecule has 0 saturated heterocycles. The Bertz CT molecular complexity index is 337. The highest BCUT2D eigenvalue weighted by molar-refractivity contribution is 5.59. The van der Waals surface area contributed by atoms with Gasteiger partial charge in [0.1, 0.15) is 11.9 Å². The van der Waals surface area contributed by atoms with Crippen LogP contribution in [-0.4, -0.2) is 15.9 Å². The van der Waals surface area contributed by atoms with Gasteiger partial charge in [-0.2, -0.15) is 0 Å². The molecule has 5 heteroatoms. The molecule has 0 aliphatic rings. The summed E-state index contributed by atoms with van der Waals surface area (Å²) >= 11 is 0. The van der Waals surface area contributed by atoms with Crippen molar-refractivity contribution >= 4 is 11.4 Å². The highest BCUT2D eigenvalue weighted by Crippen LogP contribution is 2.23. The van der Waals surface area contributed by atoms with Gasteiger partial charge >= 0.3 is 5.69 Å². The zero-order chi connectivity index (χ0) is 11.3. The Morgan fingerprint density at radius 1 is 1.53 bits per heavy atom. The van der Waals surface area contributed by atoms with Crippen LogP contribution >= 0.6 is 0 Å². The van der Waals surface area contributed by atoms with Crippen molar-refractivity contribution < 1.29 is 4.92 Å². The summed E-state index contributed by atoms with van der Waals surface area (Å²) in [5, 5.41) is 13.9. The number of nitrogens with zero attached hydrogens (tertiary/aromatic N) is 2. The normalized spacial score (nSPS) is 10.3. The maximum atomic E-state index is 10.7. The minimum Gasteiger partial charge on any atom is -0.377 e. The molecule has 0 unspecified atom stereocenters. The maximum absolute atomic E-state index is 10.7. The van der Waals surface area contributed by atoms with E-state index >= 15 is 0 Å². The van der Waals surface area contributed by atoms with Crippen molar-refractivity contribution in [1.82, 2.24) is 4.98 Å². The highest BCUT2D eigenvalue weighted by atomic mass is 16.6. The van der Waals surface area contributed by atoms with E-state index in [0.29, 0.717) is 5.69 Å². The molecule has 0 saturated carbocycles. The molecule has 0 aliphatic heterocycles. The third-order valence-corrected chi connectivity index (χ3v) is 2.34. The molecular weight excluding hydrogens is 194 g/mol. The summed E-state index contributed by atoms with van der Waals surface area (Å²) in [6.45, 7) is 4.10. The molecule has 0 amide bonds. The Labute approximate surface area is 88.7 Å². The van der Waals surface area contributed by atoms with Crippen LogP contribution in [0.4, 0.5) is 11.4 Å². The molecule has 0 aliphatic carbocycles. The lowest BCUT2D eigenvalue weighted by molar-refractivity contribution is -0.384. The predicted octanol–water partition coefficient (Wildman–Crippen LogP) is 2.59. The first-order valence-corrected chi connectivity index (χ1v) is 5.04. The van der Waals surface area contributed by atoms with E-state index in [0.717, 1.165) is 12.8 Å². The van der Waals surface area contributed by atoms with E-state index in [1.54, 1.807) is 12.3 Å². The molecule has 0 fully saturated rings. The van der Waals surface area contributed by atoms with Crippen molar-refractivity contribution in [3.05, 3.63) is 28.6 Å². The molecule has 0 bridgehead atoms. The monoisotopic (exact) mass is 209 g/mol. The van der Waals surface area contributed by atoms with Gasteiger partial charge in [0.05, 0.1) is 4.92 Å². The second kappa shape index (κ2) is 5.29. The van der Waals surface area contributed by atoms with Crippen LogP contribution in [0.5, 0.6) is 0 Å². The van der Waals surface area contributed by atoms with Crippen LogP contribution in [0.15, 0.2) is 18.5 Å². The Morgan fingerprint density at radius 3 is 2.73 bits per heavy atom. The van der Waals surface area contributed by atoms with Gasteiger partial charge in [-0.25, -0.2) is 0 Å². The van der Waals surface area contributed by atoms with E-state index in [2.05, 4.69) is 10.3 Å². The first kappa shape index (κ1) is 11.4. The van der Waals surface area contributed by atoms with Gasteiger partial charge in [0.15, 0.2) is 0 Å². The maximum Gasteiger partial charge on any atom is 0.310 e. The number of hydrogen-bond acceptors (Lipinski definition) is 4. The Kier molecular flexibility index (Phi) is 4.03. The van der Waals surface area contributed by atoms with Gasteiger partial charge in [-0.1, -0.05) is 13.8 Å². The average Bonchev–Trinajstić information content (AvgIpc) is 2.26. The smallest absolute Gasteiger partial charge is 0.310 e. The first-order chi connectivity index (χ1) is 7.19. The summed E-state index contributed by atoms with van der Waals surface area (Å²) in [5.41, 5.74) is 0.577. The topological polar surface area (TPSA) is 68.1 Å². The molecule has 0 spiro atoms. The lowest BCUT2D eigenvalue weighted by atomic mass is 10.1. The number of hydrogen-bond donors (Lipinski definition) is 1. The van der Waals surface area contributed by atoms with Gasteiger partial charge in [0, 0.05) is 12.2 Å². The molecule has 15 heavy (non-hydrogen) atoms. The van der Waals surface area contributed by atoms with E-state index in [1.807, 2.05) is 13.8 Å². The number of pyridine rings is 1. The molecule has 1 aromatic rings. The largest absolute Gasteiger partial charge is 0.377 e. The molecule has 1 N–H and O–H groups in total. The summed E-state index contributed by atoms with van der Waals surface area (Å²) in [6, 6.07) is 1.90. The van der Waals surface area contributed by atoms with Crippen LogP contribution in [0.25, 0.3) is 0 Å². The quantitative estimate of drug-likeness (QED) is 0.597. The number of nitrogens with one attached hydrogen (secondary N) is 1. The van der Waals surface area contributed by atoms with E-state index in [4.69, 9.17) is 0 Å². The number of anilines is 1. The fourth-order valence-electron chi connectivity index (χ4n) is 1.37. The summed E-state index contributed by atoms with van der Waals surface area (Å²) in [5.74, 6) is 0. The summed E-state index contributed by atoms with van der Waals surface area (Å²) in [6.07, 6.45) is 4.70. The lowest BCUT2D eigenvalue weighted by Gasteiger charge is -2.15. The minimum atomic E-state index is -0.419. The van der Waals surface area contributed by atoms with Crippen molar-refractivity contribution in [2.24, 2.45) is 0 Å². The van der Waals surface area contributed by atoms with Gasteiger partial charge in [0.25, 0.3) is 0 Å². The third kappa shape index (κ3) is 2.90. The highest BCUT2D eigenvalue weighted by Gasteiger charge is 2.15. The zero-order valence-electron chi connectivity index (χ0n) is 8.93. The number of rotatable bonds is 5. The fourth-order valence-corrected chi connectivity index (χ4v) is 1.37. The Balaban J connectivity index is 2.88. The van der Waals surface area contributed by atoms with Crippen molar-refractivity contribution in [3.63, 3.8) is 0 Å². The Morgan fingerprint density at radius 2 is 2.20 bits per heavy atom. The molecule has 1 heterocycles. The van der Waals surface area contributed by atoms with Gasteiger partial charge in [0.2, 0.25) is 0 Å². The van der Waals surface area contributed by atoms with Crippen LogP contribution < -0.4 is 5.32 Å². The molecule has 1 aromatic heterocycles. The van der Waals surface area contributed by atoms with Crippen LogP contribution in [0.2, 0.25) is 0 Å². The standard InChI is InChI=1S/C10H15N3O2/c1-3-8(4-2)12-9-5-6-11-7-10(9)13(14)15/h5-8H,3-4H2,1-2H3,(H,11,12). The Hall–Kier alpha value is -1.65. The minimum absolute atomic E-state index is 0.0319. The fraction of sp³-hybridized carbons (Fsp3) is 0.500. The van der Waals surface area contributed by atoms with Crippen LogP contribution in [0.3, 0.4) is 0 Å². The average molecular weight is 209 g/mol. The van der Waals surface area contributed by atoms with Crippen molar-refractivity contribution in [3.8, 4) is 0 Å². The number of nitro groups is 1. The molecule has 0 radical (unpaired) electrons. The van der Waals surface area contributed by atoms with Crippen LogP contribution in [0.1, 0.15) is 26.7 Å². The van der Waals surface area contributed by atoms with E-state index in [1.165, 1.54) is 6.20 Å². The lowest BCUT2D eigenvalue weighted by Crippen LogP contribution is -2.17. The summed E-state index contributed by atoms with van der Waals surface area (Å²) < 4.78 is 0. The molecule has 0 atom stereocenters. The van der Waals surface area contributed by atoms with Crippen molar-refractivity contribution in [2.45, 2.75) is 32.7 Å². The number of aromatic nitrogens is 1. The van der Waals surface area contributed by atoms with Crippen molar-refractivity contribution in [1.29, 1.82) is 0 Å². The van der Waals surface area contributed by atoms with Gasteiger partial charge in [-0.15, -0.1) is 0 Å². The summed E-state index contributed by atoms with van der Waals surface area (Å²) in [4.78, 5) is 14.0. The second-order valence-corrected chi connectivity index (χ2v) is 3.31.